The summed E-state index contributed by atoms with van der Waals surface area (Å²) in [5.74, 6) is -0.000112. The van der Waals surface area contributed by atoms with Gasteiger partial charge in [0.15, 0.2) is 0 Å². The number of β-amino-alcohol motifs (C(OH)–C–C–N with tert-alkyl or cyclic N) is 1. The van der Waals surface area contributed by atoms with E-state index in [0.29, 0.717) is 19.5 Å². The first-order chi connectivity index (χ1) is 9.61. The molecule has 0 radical (unpaired) electrons. The molecule has 20 heavy (non-hydrogen) atoms. The highest BCUT2D eigenvalue weighted by molar-refractivity contribution is 9.10. The van der Waals surface area contributed by atoms with Gasteiger partial charge in [0.25, 0.3) is 0 Å². The van der Waals surface area contributed by atoms with Crippen molar-refractivity contribution in [1.29, 1.82) is 0 Å². The molecule has 2 fully saturated rings. The van der Waals surface area contributed by atoms with Crippen LogP contribution in [0, 0.1) is 0 Å². The van der Waals surface area contributed by atoms with Gasteiger partial charge < -0.3 is 15.7 Å². The van der Waals surface area contributed by atoms with Crippen LogP contribution in [0.15, 0.2) is 28.7 Å². The second-order valence-corrected chi connectivity index (χ2v) is 6.68. The van der Waals surface area contributed by atoms with Crippen LogP contribution in [-0.4, -0.2) is 36.2 Å². The van der Waals surface area contributed by atoms with Crippen molar-refractivity contribution in [2.45, 2.75) is 36.8 Å². The summed E-state index contributed by atoms with van der Waals surface area (Å²) in [6.45, 7) is 1.18. The molecule has 4 nitrogen and oxygen atoms in total. The lowest BCUT2D eigenvalue weighted by atomic mass is 9.96. The van der Waals surface area contributed by atoms with Crippen LogP contribution in [0.3, 0.4) is 0 Å². The smallest absolute Gasteiger partial charge is 0.237 e. The number of nitrogens with one attached hydrogen (secondary N) is 2. The van der Waals surface area contributed by atoms with Crippen LogP contribution in [-0.2, 0) is 10.2 Å². The fraction of sp³-hybridized carbons (Fsp3) is 0.533. The quantitative estimate of drug-likeness (QED) is 0.775. The van der Waals surface area contributed by atoms with Crippen molar-refractivity contribution in [2.75, 3.05) is 13.1 Å². The highest BCUT2D eigenvalue weighted by atomic mass is 79.9. The molecule has 108 valence electrons. The Labute approximate surface area is 127 Å². The lowest BCUT2D eigenvalue weighted by Gasteiger charge is -2.19. The summed E-state index contributed by atoms with van der Waals surface area (Å²) in [7, 11) is 0. The molecule has 1 heterocycles. The molecule has 0 aromatic heterocycles. The highest BCUT2D eigenvalue weighted by Gasteiger charge is 2.45. The Morgan fingerprint density at radius 3 is 2.80 bits per heavy atom. The molecular weight excluding hydrogens is 320 g/mol. The predicted octanol–water partition coefficient (Wildman–Crippen LogP) is 1.32. The molecule has 0 unspecified atom stereocenters. The fourth-order valence-electron chi connectivity index (χ4n) is 2.88. The van der Waals surface area contributed by atoms with Gasteiger partial charge in [0.2, 0.25) is 5.91 Å². The molecule has 1 aliphatic heterocycles. The number of carbonyl (C=O) groups excluding carboxylic acids is 1. The monoisotopic (exact) mass is 338 g/mol. The van der Waals surface area contributed by atoms with E-state index in [2.05, 4.69) is 32.6 Å². The Morgan fingerprint density at radius 2 is 2.20 bits per heavy atom. The third-order valence-corrected chi connectivity index (χ3v) is 5.02. The van der Waals surface area contributed by atoms with E-state index < -0.39 is 6.10 Å². The number of benzene rings is 1. The lowest BCUT2D eigenvalue weighted by Crippen LogP contribution is -2.43. The maximum Gasteiger partial charge on any atom is 0.237 e. The molecule has 1 aromatic carbocycles. The number of amides is 1. The number of carbonyl (C=O) groups is 1. The van der Waals surface area contributed by atoms with E-state index in [1.165, 1.54) is 5.56 Å². The van der Waals surface area contributed by atoms with Crippen LogP contribution in [0.1, 0.15) is 24.8 Å². The van der Waals surface area contributed by atoms with Crippen LogP contribution in [0.25, 0.3) is 0 Å². The summed E-state index contributed by atoms with van der Waals surface area (Å²) in [4.78, 5) is 12.1. The molecule has 1 aliphatic carbocycles. The fourth-order valence-corrected chi connectivity index (χ4v) is 3.59. The Balaban J connectivity index is 1.61. The van der Waals surface area contributed by atoms with Crippen molar-refractivity contribution in [3.63, 3.8) is 0 Å². The summed E-state index contributed by atoms with van der Waals surface area (Å²) in [6.07, 6.45) is 2.32. The van der Waals surface area contributed by atoms with Gasteiger partial charge in [-0.3, -0.25) is 4.79 Å². The van der Waals surface area contributed by atoms with Gasteiger partial charge in [-0.15, -0.1) is 0 Å². The van der Waals surface area contributed by atoms with Crippen LogP contribution >= 0.6 is 15.9 Å². The maximum atomic E-state index is 12.1. The van der Waals surface area contributed by atoms with Gasteiger partial charge in [0.1, 0.15) is 0 Å². The first-order valence-corrected chi connectivity index (χ1v) is 7.84. The number of aliphatic hydroxyl groups excluding tert-OH is 1. The third kappa shape index (κ3) is 2.75. The van der Waals surface area contributed by atoms with E-state index in [1.807, 2.05) is 18.2 Å². The van der Waals surface area contributed by atoms with Crippen molar-refractivity contribution < 1.29 is 9.90 Å². The van der Waals surface area contributed by atoms with E-state index in [9.17, 15) is 9.90 Å². The number of hydrogen-bond acceptors (Lipinski definition) is 3. The zero-order valence-electron chi connectivity index (χ0n) is 11.2. The minimum absolute atomic E-state index is 0.000112. The Morgan fingerprint density at radius 1 is 1.45 bits per heavy atom. The second kappa shape index (κ2) is 5.47. The molecule has 0 bridgehead atoms. The van der Waals surface area contributed by atoms with E-state index in [1.54, 1.807) is 0 Å². The van der Waals surface area contributed by atoms with Crippen LogP contribution < -0.4 is 10.6 Å². The summed E-state index contributed by atoms with van der Waals surface area (Å²) < 4.78 is 1.11. The standard InChI is InChI=1S/C15H19BrN2O2/c16-12-4-2-1-3-11(12)15(5-6-15)9-18-14(20)13-7-10(19)8-17-13/h1-4,10,13,17,19H,5-9H2,(H,18,20)/t10-,13+/m0/s1. The molecule has 1 amide bonds. The topological polar surface area (TPSA) is 61.4 Å². The van der Waals surface area contributed by atoms with E-state index in [4.69, 9.17) is 0 Å². The SMILES string of the molecule is O=C(NCC1(c2ccccc2Br)CC1)[C@H]1C[C@H](O)CN1. The van der Waals surface area contributed by atoms with Gasteiger partial charge in [-0.05, 0) is 30.9 Å². The first-order valence-electron chi connectivity index (χ1n) is 7.05. The maximum absolute atomic E-state index is 12.1. The van der Waals surface area contributed by atoms with E-state index in [0.717, 1.165) is 17.3 Å². The minimum atomic E-state index is -0.399. The normalized spacial score (nSPS) is 27.3. The number of rotatable bonds is 4. The van der Waals surface area contributed by atoms with Crippen molar-refractivity contribution in [2.24, 2.45) is 0 Å². The molecule has 1 saturated carbocycles. The summed E-state index contributed by atoms with van der Waals surface area (Å²) in [5.41, 5.74) is 1.37. The zero-order chi connectivity index (χ0) is 14.2. The van der Waals surface area contributed by atoms with Crippen LogP contribution in [0.4, 0.5) is 0 Å². The van der Waals surface area contributed by atoms with Gasteiger partial charge >= 0.3 is 0 Å². The molecule has 2 atom stereocenters. The Kier molecular flexibility index (Phi) is 3.84. The predicted molar refractivity (Wildman–Crippen MR) is 80.5 cm³/mol. The average Bonchev–Trinajstić information content (AvgIpc) is 3.10. The lowest BCUT2D eigenvalue weighted by molar-refractivity contribution is -0.123. The first kappa shape index (κ1) is 14.0. The van der Waals surface area contributed by atoms with Gasteiger partial charge in [-0.1, -0.05) is 34.1 Å². The highest BCUT2D eigenvalue weighted by Crippen LogP contribution is 2.49. The molecule has 5 heteroatoms. The summed E-state index contributed by atoms with van der Waals surface area (Å²) >= 11 is 3.60. The zero-order valence-corrected chi connectivity index (χ0v) is 12.8. The van der Waals surface area contributed by atoms with Crippen LogP contribution in [0.2, 0.25) is 0 Å². The molecular formula is C15H19BrN2O2. The van der Waals surface area contributed by atoms with E-state index >= 15 is 0 Å². The molecule has 1 aromatic rings. The van der Waals surface area contributed by atoms with Gasteiger partial charge in [0.05, 0.1) is 12.1 Å². The van der Waals surface area contributed by atoms with Crippen LogP contribution in [0.5, 0.6) is 0 Å². The Bertz CT molecular complexity index is 516. The third-order valence-electron chi connectivity index (χ3n) is 4.32. The number of aliphatic hydroxyl groups is 1. The second-order valence-electron chi connectivity index (χ2n) is 5.83. The van der Waals surface area contributed by atoms with E-state index in [-0.39, 0.29) is 17.4 Å². The average molecular weight is 339 g/mol. The molecule has 2 aliphatic rings. The number of halogens is 1. The molecule has 3 N–H and O–H groups in total. The van der Waals surface area contributed by atoms with Crippen molar-refractivity contribution >= 4 is 21.8 Å². The van der Waals surface area contributed by atoms with Gasteiger partial charge in [-0.25, -0.2) is 0 Å². The molecule has 1 saturated heterocycles. The summed E-state index contributed by atoms with van der Waals surface area (Å²) in [6, 6.07) is 7.97. The van der Waals surface area contributed by atoms with Crippen molar-refractivity contribution in [1.82, 2.24) is 10.6 Å². The molecule has 3 rings (SSSR count). The molecule has 0 spiro atoms. The summed E-state index contributed by atoms with van der Waals surface area (Å²) in [5, 5.41) is 15.5. The number of hydrogen-bond donors (Lipinski definition) is 3. The van der Waals surface area contributed by atoms with Crippen molar-refractivity contribution in [3.05, 3.63) is 34.3 Å². The van der Waals surface area contributed by atoms with Crippen molar-refractivity contribution in [3.8, 4) is 0 Å². The largest absolute Gasteiger partial charge is 0.392 e. The van der Waals surface area contributed by atoms with Gasteiger partial charge in [0, 0.05) is 23.0 Å². The Hall–Kier alpha value is -0.910. The van der Waals surface area contributed by atoms with Gasteiger partial charge in [-0.2, -0.15) is 0 Å². The minimum Gasteiger partial charge on any atom is -0.392 e.